The first kappa shape index (κ1) is 33.3. The quantitative estimate of drug-likeness (QED) is 0.251. The second kappa shape index (κ2) is 17.7. The summed E-state index contributed by atoms with van der Waals surface area (Å²) >= 11 is 0. The maximum Gasteiger partial charge on any atom is 0.451 e. The van der Waals surface area contributed by atoms with Crippen LogP contribution in [0.5, 0.6) is 0 Å². The number of nitrogens with one attached hydrogen (secondary N) is 1. The molecule has 8 nitrogen and oxygen atoms in total. The van der Waals surface area contributed by atoms with E-state index in [4.69, 9.17) is 11.0 Å². The molecule has 4 rings (SSSR count). The van der Waals surface area contributed by atoms with Gasteiger partial charge in [0.25, 0.3) is 0 Å². The first-order chi connectivity index (χ1) is 19.7. The Bertz CT molecular complexity index is 1110. The van der Waals surface area contributed by atoms with E-state index in [1.807, 2.05) is 28.0 Å². The minimum atomic E-state index is -4.53. The first-order valence-electron chi connectivity index (χ1n) is 13.8. The number of alkyl halides is 3. The summed E-state index contributed by atoms with van der Waals surface area (Å²) in [6, 6.07) is 11.1. The van der Waals surface area contributed by atoms with Crippen LogP contribution in [0.15, 0.2) is 55.6 Å². The Hall–Kier alpha value is -3.91. The molecule has 0 saturated carbocycles. The molecule has 1 aromatic carbocycles. The molecule has 222 valence electrons. The summed E-state index contributed by atoms with van der Waals surface area (Å²) < 4.78 is 39.6. The maximum atomic E-state index is 13.2. The molecule has 0 unspecified atom stereocenters. The van der Waals surface area contributed by atoms with E-state index in [9.17, 15) is 18.0 Å². The average Bonchev–Trinajstić information content (AvgIpc) is 3.53. The van der Waals surface area contributed by atoms with Crippen LogP contribution in [0.3, 0.4) is 0 Å². The summed E-state index contributed by atoms with van der Waals surface area (Å²) in [7, 11) is 0. The van der Waals surface area contributed by atoms with Crippen molar-refractivity contribution in [3.63, 3.8) is 0 Å². The number of aromatic nitrogens is 2. The van der Waals surface area contributed by atoms with Gasteiger partial charge < -0.3 is 20.9 Å². The molecule has 0 radical (unpaired) electrons. The molecule has 11 heteroatoms. The number of nitriles is 1. The van der Waals surface area contributed by atoms with Gasteiger partial charge in [-0.2, -0.15) is 18.4 Å². The minimum absolute atomic E-state index is 0.394. The SMILES string of the molecule is C=CC=C.N#Cc1ccc(CCNC=O)cc1.NCCC1CCN(c2cc(N3CCCC3)nc(C(F)(F)F)n2)CC1. The smallest absolute Gasteiger partial charge is 0.358 e. The van der Waals surface area contributed by atoms with Gasteiger partial charge in [-0.05, 0) is 68.7 Å². The number of nitrogens with two attached hydrogens (primary N) is 1. The Morgan fingerprint density at radius 2 is 1.59 bits per heavy atom. The Labute approximate surface area is 240 Å². The fourth-order valence-electron chi connectivity index (χ4n) is 4.53. The van der Waals surface area contributed by atoms with Crippen LogP contribution in [0, 0.1) is 17.2 Å². The second-order valence-corrected chi connectivity index (χ2v) is 9.71. The highest BCUT2D eigenvalue weighted by Crippen LogP contribution is 2.32. The van der Waals surface area contributed by atoms with Gasteiger partial charge in [-0.25, -0.2) is 9.97 Å². The van der Waals surface area contributed by atoms with Crippen molar-refractivity contribution in [1.82, 2.24) is 15.3 Å². The van der Waals surface area contributed by atoms with E-state index in [1.165, 1.54) is 0 Å². The lowest BCUT2D eigenvalue weighted by Gasteiger charge is -2.33. The number of piperidine rings is 1. The fraction of sp³-hybridized carbons (Fsp3) is 0.467. The number of hydrogen-bond donors (Lipinski definition) is 2. The van der Waals surface area contributed by atoms with Gasteiger partial charge in [0.15, 0.2) is 0 Å². The maximum absolute atomic E-state index is 13.2. The lowest BCUT2D eigenvalue weighted by atomic mass is 9.94. The Morgan fingerprint density at radius 1 is 1.02 bits per heavy atom. The number of allylic oxidation sites excluding steroid dienone is 2. The van der Waals surface area contributed by atoms with Crippen molar-refractivity contribution in [1.29, 1.82) is 5.26 Å². The van der Waals surface area contributed by atoms with E-state index in [1.54, 1.807) is 30.4 Å². The van der Waals surface area contributed by atoms with Crippen molar-refractivity contribution < 1.29 is 18.0 Å². The number of halogens is 3. The zero-order valence-corrected chi connectivity index (χ0v) is 23.5. The molecule has 0 spiro atoms. The van der Waals surface area contributed by atoms with Gasteiger partial charge in [0.05, 0.1) is 11.6 Å². The molecular formula is C30H40F3N7O. The van der Waals surface area contributed by atoms with Crippen molar-refractivity contribution in [3.8, 4) is 6.07 Å². The van der Waals surface area contributed by atoms with Gasteiger partial charge in [-0.1, -0.05) is 37.4 Å². The van der Waals surface area contributed by atoms with Crippen LogP contribution in [0.2, 0.25) is 0 Å². The van der Waals surface area contributed by atoms with Gasteiger partial charge >= 0.3 is 6.18 Å². The molecule has 1 amide bonds. The first-order valence-corrected chi connectivity index (χ1v) is 13.8. The van der Waals surface area contributed by atoms with E-state index < -0.39 is 12.0 Å². The molecule has 2 aromatic rings. The number of amides is 1. The van der Waals surface area contributed by atoms with Gasteiger partial charge in [-0.3, -0.25) is 4.79 Å². The number of hydrogen-bond acceptors (Lipinski definition) is 7. The molecule has 2 aliphatic rings. The molecule has 0 atom stereocenters. The number of carbonyl (C=O) groups is 1. The zero-order valence-electron chi connectivity index (χ0n) is 23.5. The van der Waals surface area contributed by atoms with Crippen LogP contribution in [0.1, 0.15) is 49.1 Å². The van der Waals surface area contributed by atoms with Gasteiger partial charge in [0.1, 0.15) is 11.6 Å². The summed E-state index contributed by atoms with van der Waals surface area (Å²) in [5, 5.41) is 11.1. The van der Waals surface area contributed by atoms with E-state index in [0.717, 1.165) is 70.3 Å². The third kappa shape index (κ3) is 11.6. The molecule has 3 N–H and O–H groups in total. The zero-order chi connectivity index (χ0) is 30.1. The van der Waals surface area contributed by atoms with E-state index >= 15 is 0 Å². The highest BCUT2D eigenvalue weighted by molar-refractivity contribution is 5.52. The van der Waals surface area contributed by atoms with Crippen molar-refractivity contribution in [2.24, 2.45) is 11.7 Å². The van der Waals surface area contributed by atoms with Crippen LogP contribution in [0.25, 0.3) is 0 Å². The molecule has 2 saturated heterocycles. The van der Waals surface area contributed by atoms with E-state index in [2.05, 4.69) is 28.4 Å². The Kier molecular flexibility index (Phi) is 14.4. The lowest BCUT2D eigenvalue weighted by Crippen LogP contribution is -2.35. The fourth-order valence-corrected chi connectivity index (χ4v) is 4.53. The van der Waals surface area contributed by atoms with Gasteiger partial charge in [0.2, 0.25) is 12.2 Å². The predicted molar refractivity (Wildman–Crippen MR) is 156 cm³/mol. The molecule has 1 aromatic heterocycles. The van der Waals surface area contributed by atoms with Crippen molar-refractivity contribution in [2.75, 3.05) is 49.1 Å². The van der Waals surface area contributed by atoms with Crippen molar-refractivity contribution in [2.45, 2.75) is 44.7 Å². The molecular weight excluding hydrogens is 531 g/mol. The van der Waals surface area contributed by atoms with E-state index in [-0.39, 0.29) is 0 Å². The third-order valence-electron chi connectivity index (χ3n) is 6.79. The number of rotatable bonds is 9. The molecule has 3 heterocycles. The van der Waals surface area contributed by atoms with Crippen LogP contribution >= 0.6 is 0 Å². The normalized spacial score (nSPS) is 15.0. The summed E-state index contributed by atoms with van der Waals surface area (Å²) in [5.41, 5.74) is 7.38. The van der Waals surface area contributed by atoms with Crippen molar-refractivity contribution in [3.05, 3.63) is 72.6 Å². The lowest BCUT2D eigenvalue weighted by molar-refractivity contribution is -0.144. The molecule has 0 aliphatic carbocycles. The Morgan fingerprint density at radius 3 is 2.05 bits per heavy atom. The topological polar surface area (TPSA) is 111 Å². The highest BCUT2D eigenvalue weighted by Gasteiger charge is 2.37. The predicted octanol–water partition coefficient (Wildman–Crippen LogP) is 4.87. The third-order valence-corrected chi connectivity index (χ3v) is 6.79. The highest BCUT2D eigenvalue weighted by atomic mass is 19.4. The van der Waals surface area contributed by atoms with Crippen molar-refractivity contribution >= 4 is 18.0 Å². The van der Waals surface area contributed by atoms with Gasteiger partial charge in [-0.15, -0.1) is 0 Å². The number of nitrogens with zero attached hydrogens (tertiary/aromatic N) is 5. The summed E-state index contributed by atoms with van der Waals surface area (Å²) in [6.45, 7) is 11.0. The molecule has 41 heavy (non-hydrogen) atoms. The van der Waals surface area contributed by atoms with E-state index in [0.29, 0.717) is 42.6 Å². The summed E-state index contributed by atoms with van der Waals surface area (Å²) in [5.74, 6) is 0.318. The molecule has 0 bridgehead atoms. The van der Waals surface area contributed by atoms with Crippen LogP contribution < -0.4 is 20.9 Å². The number of anilines is 2. The van der Waals surface area contributed by atoms with Crippen LogP contribution in [-0.2, 0) is 17.4 Å². The largest absolute Gasteiger partial charge is 0.451 e. The minimum Gasteiger partial charge on any atom is -0.358 e. The standard InChI is InChI=1S/C16H24F3N5.C10H10N2O.C4H6/c17-16(18,19)15-21-13(23-7-1-2-8-23)11-14(22-15)24-9-4-12(3-6-20)5-10-24;11-7-10-3-1-9(2-4-10)5-6-12-8-13;1-3-4-2/h11-12H,1-10,20H2;1-4,8H,5-6H2,(H,12,13);3-4H,1-2H2. The summed E-state index contributed by atoms with van der Waals surface area (Å²) in [4.78, 5) is 21.4. The number of carbonyl (C=O) groups excluding carboxylic acids is 1. The molecule has 2 fully saturated rings. The van der Waals surface area contributed by atoms with Gasteiger partial charge in [0, 0.05) is 38.8 Å². The van der Waals surface area contributed by atoms with Crippen LogP contribution in [0.4, 0.5) is 24.8 Å². The summed E-state index contributed by atoms with van der Waals surface area (Å²) in [6.07, 6.45) is 5.08. The monoisotopic (exact) mass is 571 g/mol. The number of benzene rings is 1. The molecule has 2 aliphatic heterocycles. The van der Waals surface area contributed by atoms with Crippen LogP contribution in [-0.4, -0.2) is 55.6 Å². The Balaban J connectivity index is 0.000000290. The average molecular weight is 572 g/mol. The second-order valence-electron chi connectivity index (χ2n) is 9.71.